The summed E-state index contributed by atoms with van der Waals surface area (Å²) in [7, 11) is 0. The topological polar surface area (TPSA) is 75.4 Å². The summed E-state index contributed by atoms with van der Waals surface area (Å²) in [5.41, 5.74) is 0.756. The van der Waals surface area contributed by atoms with E-state index in [0.717, 1.165) is 0 Å². The molecule has 114 valence electrons. The van der Waals surface area contributed by atoms with Crippen molar-refractivity contribution < 1.29 is 18.5 Å². The molecule has 1 saturated heterocycles. The number of aryl methyl sites for hydroxylation is 1. The Balaban J connectivity index is 1.68. The quantitative estimate of drug-likeness (QED) is 0.935. The molecule has 2 aromatic rings. The van der Waals surface area contributed by atoms with Crippen LogP contribution in [0.2, 0.25) is 0 Å². The van der Waals surface area contributed by atoms with Gasteiger partial charge in [0.15, 0.2) is 5.69 Å². The number of nitrogens with one attached hydrogen (secondary N) is 1. The predicted octanol–water partition coefficient (Wildman–Crippen LogP) is 1.66. The second kappa shape index (κ2) is 5.59. The molecule has 0 radical (unpaired) electrons. The van der Waals surface area contributed by atoms with Crippen LogP contribution in [0.5, 0.6) is 0 Å². The zero-order chi connectivity index (χ0) is 15.7. The molecule has 7 heteroatoms. The number of halogens is 1. The van der Waals surface area contributed by atoms with Crippen LogP contribution >= 0.6 is 0 Å². The van der Waals surface area contributed by atoms with E-state index < -0.39 is 11.9 Å². The van der Waals surface area contributed by atoms with Gasteiger partial charge in [0.25, 0.3) is 5.91 Å². The van der Waals surface area contributed by atoms with E-state index in [1.54, 1.807) is 19.1 Å². The smallest absolute Gasteiger partial charge is 0.274 e. The van der Waals surface area contributed by atoms with Crippen molar-refractivity contribution in [1.82, 2.24) is 10.5 Å². The zero-order valence-corrected chi connectivity index (χ0v) is 11.9. The fourth-order valence-corrected chi connectivity index (χ4v) is 2.40. The van der Waals surface area contributed by atoms with Crippen LogP contribution in [0.4, 0.5) is 10.1 Å². The molecule has 2 amide bonds. The van der Waals surface area contributed by atoms with Crippen LogP contribution in [0.25, 0.3) is 0 Å². The standard InChI is InChI=1S/C15H14FN3O3/c1-9-8-13(18-22-9)14(20)17-12-6-7-19(15(12)21)11-4-2-10(16)3-5-11/h2-5,8,12H,6-7H2,1H3,(H,17,20). The van der Waals surface area contributed by atoms with Gasteiger partial charge in [-0.3, -0.25) is 9.59 Å². The first kappa shape index (κ1) is 14.2. The molecule has 3 rings (SSSR count). The van der Waals surface area contributed by atoms with Crippen molar-refractivity contribution in [3.8, 4) is 0 Å². The van der Waals surface area contributed by atoms with Crippen molar-refractivity contribution in [2.24, 2.45) is 0 Å². The highest BCUT2D eigenvalue weighted by molar-refractivity contribution is 6.03. The molecule has 1 aromatic carbocycles. The Kier molecular flexibility index (Phi) is 3.62. The van der Waals surface area contributed by atoms with E-state index in [1.807, 2.05) is 0 Å². The Bertz CT molecular complexity index is 711. The Labute approximate surface area is 125 Å². The molecule has 22 heavy (non-hydrogen) atoms. The summed E-state index contributed by atoms with van der Waals surface area (Å²) in [6.45, 7) is 2.15. The summed E-state index contributed by atoms with van der Waals surface area (Å²) in [6.07, 6.45) is 0.485. The normalized spacial score (nSPS) is 17.8. The number of carbonyl (C=O) groups is 2. The van der Waals surface area contributed by atoms with Gasteiger partial charge in [-0.2, -0.15) is 0 Å². The summed E-state index contributed by atoms with van der Waals surface area (Å²) in [4.78, 5) is 25.9. The van der Waals surface area contributed by atoms with Crippen LogP contribution < -0.4 is 10.2 Å². The van der Waals surface area contributed by atoms with Gasteiger partial charge in [-0.15, -0.1) is 0 Å². The van der Waals surface area contributed by atoms with Crippen molar-refractivity contribution in [1.29, 1.82) is 0 Å². The summed E-state index contributed by atoms with van der Waals surface area (Å²) < 4.78 is 17.8. The molecular formula is C15H14FN3O3. The van der Waals surface area contributed by atoms with Crippen LogP contribution in [0.3, 0.4) is 0 Å². The minimum atomic E-state index is -0.616. The fraction of sp³-hybridized carbons (Fsp3) is 0.267. The molecule has 1 aromatic heterocycles. The number of amides is 2. The summed E-state index contributed by atoms with van der Waals surface area (Å²) >= 11 is 0. The average Bonchev–Trinajstić information content (AvgIpc) is 3.08. The van der Waals surface area contributed by atoms with Gasteiger partial charge in [0.1, 0.15) is 17.6 Å². The van der Waals surface area contributed by atoms with Crippen molar-refractivity contribution in [3.05, 3.63) is 47.6 Å². The van der Waals surface area contributed by atoms with Gasteiger partial charge in [0, 0.05) is 18.3 Å². The van der Waals surface area contributed by atoms with Gasteiger partial charge < -0.3 is 14.7 Å². The molecule has 0 bridgehead atoms. The SMILES string of the molecule is Cc1cc(C(=O)NC2CCN(c3ccc(F)cc3)C2=O)no1. The monoisotopic (exact) mass is 303 g/mol. The second-order valence-corrected chi connectivity index (χ2v) is 5.10. The number of benzene rings is 1. The lowest BCUT2D eigenvalue weighted by molar-refractivity contribution is -0.118. The Morgan fingerprint density at radius 1 is 1.41 bits per heavy atom. The van der Waals surface area contributed by atoms with Crippen molar-refractivity contribution in [3.63, 3.8) is 0 Å². The maximum atomic E-state index is 12.9. The Morgan fingerprint density at radius 3 is 2.77 bits per heavy atom. The fourth-order valence-electron chi connectivity index (χ4n) is 2.40. The molecule has 6 nitrogen and oxygen atoms in total. The first-order valence-corrected chi connectivity index (χ1v) is 6.86. The van der Waals surface area contributed by atoms with E-state index in [-0.39, 0.29) is 17.4 Å². The third kappa shape index (κ3) is 2.69. The van der Waals surface area contributed by atoms with E-state index in [4.69, 9.17) is 4.52 Å². The molecule has 1 atom stereocenters. The van der Waals surface area contributed by atoms with E-state index >= 15 is 0 Å². The highest BCUT2D eigenvalue weighted by Crippen LogP contribution is 2.22. The summed E-state index contributed by atoms with van der Waals surface area (Å²) in [5, 5.41) is 6.26. The van der Waals surface area contributed by atoms with Crippen LogP contribution in [0, 0.1) is 12.7 Å². The van der Waals surface area contributed by atoms with Gasteiger partial charge in [0.2, 0.25) is 5.91 Å². The zero-order valence-electron chi connectivity index (χ0n) is 11.9. The third-order valence-corrected chi connectivity index (χ3v) is 3.51. The molecule has 1 unspecified atom stereocenters. The number of hydrogen-bond acceptors (Lipinski definition) is 4. The van der Waals surface area contributed by atoms with Crippen LogP contribution in [0.1, 0.15) is 22.7 Å². The third-order valence-electron chi connectivity index (χ3n) is 3.51. The van der Waals surface area contributed by atoms with E-state index in [0.29, 0.717) is 24.4 Å². The van der Waals surface area contributed by atoms with E-state index in [2.05, 4.69) is 10.5 Å². The predicted molar refractivity (Wildman–Crippen MR) is 75.9 cm³/mol. The average molecular weight is 303 g/mol. The van der Waals surface area contributed by atoms with Crippen molar-refractivity contribution >= 4 is 17.5 Å². The number of aromatic nitrogens is 1. The lowest BCUT2D eigenvalue weighted by Crippen LogP contribution is -2.41. The van der Waals surface area contributed by atoms with Crippen LogP contribution in [-0.4, -0.2) is 29.6 Å². The van der Waals surface area contributed by atoms with Gasteiger partial charge >= 0.3 is 0 Å². The van der Waals surface area contributed by atoms with Gasteiger partial charge in [-0.25, -0.2) is 4.39 Å². The van der Waals surface area contributed by atoms with E-state index in [9.17, 15) is 14.0 Å². The highest BCUT2D eigenvalue weighted by atomic mass is 19.1. The lowest BCUT2D eigenvalue weighted by Gasteiger charge is -2.17. The largest absolute Gasteiger partial charge is 0.361 e. The summed E-state index contributed by atoms with van der Waals surface area (Å²) in [6, 6.07) is 6.57. The number of hydrogen-bond donors (Lipinski definition) is 1. The van der Waals surface area contributed by atoms with Gasteiger partial charge in [0.05, 0.1) is 0 Å². The minimum Gasteiger partial charge on any atom is -0.361 e. The highest BCUT2D eigenvalue weighted by Gasteiger charge is 2.34. The van der Waals surface area contributed by atoms with Crippen molar-refractivity contribution in [2.75, 3.05) is 11.4 Å². The molecule has 0 aliphatic carbocycles. The van der Waals surface area contributed by atoms with Crippen LogP contribution in [-0.2, 0) is 4.79 Å². The number of rotatable bonds is 3. The lowest BCUT2D eigenvalue weighted by atomic mass is 10.2. The molecule has 0 saturated carbocycles. The summed E-state index contributed by atoms with van der Waals surface area (Å²) in [5.74, 6) is -0.506. The number of nitrogens with zero attached hydrogens (tertiary/aromatic N) is 2. The molecule has 2 heterocycles. The molecule has 1 fully saturated rings. The maximum Gasteiger partial charge on any atom is 0.274 e. The molecule has 1 aliphatic heterocycles. The molecular weight excluding hydrogens is 289 g/mol. The first-order valence-electron chi connectivity index (χ1n) is 6.86. The Hall–Kier alpha value is -2.70. The van der Waals surface area contributed by atoms with Gasteiger partial charge in [-0.1, -0.05) is 5.16 Å². The molecule has 1 N–H and O–H groups in total. The first-order chi connectivity index (χ1) is 10.5. The van der Waals surface area contributed by atoms with Crippen LogP contribution in [0.15, 0.2) is 34.9 Å². The maximum absolute atomic E-state index is 12.9. The number of carbonyl (C=O) groups excluding carboxylic acids is 2. The van der Waals surface area contributed by atoms with E-state index in [1.165, 1.54) is 23.1 Å². The molecule has 0 spiro atoms. The van der Waals surface area contributed by atoms with Gasteiger partial charge in [-0.05, 0) is 37.6 Å². The molecule has 1 aliphatic rings. The minimum absolute atomic E-state index is 0.144. The number of anilines is 1. The van der Waals surface area contributed by atoms with Crippen molar-refractivity contribution in [2.45, 2.75) is 19.4 Å². The second-order valence-electron chi connectivity index (χ2n) is 5.10. The Morgan fingerprint density at radius 2 is 2.14 bits per heavy atom.